The van der Waals surface area contributed by atoms with Crippen molar-refractivity contribution in [3.63, 3.8) is 0 Å². The minimum Gasteiger partial charge on any atom is -0.299 e. The van der Waals surface area contributed by atoms with Crippen LogP contribution < -0.4 is 0 Å². The van der Waals surface area contributed by atoms with Gasteiger partial charge < -0.3 is 0 Å². The summed E-state index contributed by atoms with van der Waals surface area (Å²) in [6, 6.07) is 7.93. The average molecular weight is 249 g/mol. The molecule has 0 saturated carbocycles. The molecule has 0 saturated heterocycles. The number of halogens is 3. The molecule has 0 aromatic heterocycles. The van der Waals surface area contributed by atoms with Gasteiger partial charge >= 0.3 is 0 Å². The van der Waals surface area contributed by atoms with Crippen LogP contribution in [0.4, 0.5) is 13.2 Å². The zero-order valence-electron chi connectivity index (χ0n) is 9.60. The molecule has 92 valence electrons. The molecule has 0 atom stereocenters. The zero-order chi connectivity index (χ0) is 13.3. The quantitative estimate of drug-likeness (QED) is 0.782. The molecule has 0 aliphatic heterocycles. The molecule has 18 heavy (non-hydrogen) atoms. The van der Waals surface area contributed by atoms with Gasteiger partial charge in [0.2, 0.25) is 0 Å². The fourth-order valence-corrected chi connectivity index (χ4v) is 1.77. The SMILES string of the molecule is Cc1ccccc1C(=N)c1c(F)cc(F)cc1F. The van der Waals surface area contributed by atoms with Crippen LogP contribution in [0.25, 0.3) is 0 Å². The Kier molecular flexibility index (Phi) is 3.19. The predicted octanol–water partition coefficient (Wildman–Crippen LogP) is 3.83. The molecule has 0 spiro atoms. The molecular weight excluding hydrogens is 239 g/mol. The zero-order valence-corrected chi connectivity index (χ0v) is 9.60. The highest BCUT2D eigenvalue weighted by atomic mass is 19.1. The Morgan fingerprint density at radius 1 is 1.00 bits per heavy atom. The van der Waals surface area contributed by atoms with Gasteiger partial charge in [0, 0.05) is 17.7 Å². The summed E-state index contributed by atoms with van der Waals surface area (Å²) in [5.74, 6) is -3.13. The molecule has 0 bridgehead atoms. The van der Waals surface area contributed by atoms with E-state index in [-0.39, 0.29) is 5.71 Å². The van der Waals surface area contributed by atoms with E-state index in [1.54, 1.807) is 31.2 Å². The van der Waals surface area contributed by atoms with Gasteiger partial charge in [-0.15, -0.1) is 0 Å². The van der Waals surface area contributed by atoms with E-state index in [2.05, 4.69) is 0 Å². The van der Waals surface area contributed by atoms with Gasteiger partial charge in [0.15, 0.2) is 0 Å². The summed E-state index contributed by atoms with van der Waals surface area (Å²) in [6.07, 6.45) is 0. The van der Waals surface area contributed by atoms with Crippen molar-refractivity contribution in [2.24, 2.45) is 0 Å². The van der Waals surface area contributed by atoms with E-state index in [1.165, 1.54) is 0 Å². The van der Waals surface area contributed by atoms with Crippen molar-refractivity contribution in [2.45, 2.75) is 6.92 Å². The molecule has 0 aliphatic rings. The number of hydrogen-bond acceptors (Lipinski definition) is 1. The molecular formula is C14H10F3N. The van der Waals surface area contributed by atoms with Gasteiger partial charge in [-0.1, -0.05) is 24.3 Å². The summed E-state index contributed by atoms with van der Waals surface area (Å²) in [4.78, 5) is 0. The topological polar surface area (TPSA) is 23.9 Å². The summed E-state index contributed by atoms with van der Waals surface area (Å²) >= 11 is 0. The maximum Gasteiger partial charge on any atom is 0.138 e. The lowest BCUT2D eigenvalue weighted by Crippen LogP contribution is -2.09. The lowest BCUT2D eigenvalue weighted by atomic mass is 9.97. The van der Waals surface area contributed by atoms with Gasteiger partial charge in [-0.25, -0.2) is 13.2 Å². The molecule has 0 heterocycles. The van der Waals surface area contributed by atoms with Crippen molar-refractivity contribution in [1.82, 2.24) is 0 Å². The normalized spacial score (nSPS) is 10.4. The van der Waals surface area contributed by atoms with Crippen molar-refractivity contribution >= 4 is 5.71 Å². The Morgan fingerprint density at radius 3 is 2.11 bits per heavy atom. The Morgan fingerprint density at radius 2 is 1.56 bits per heavy atom. The van der Waals surface area contributed by atoms with Crippen LogP contribution in [0.5, 0.6) is 0 Å². The van der Waals surface area contributed by atoms with E-state index in [0.717, 1.165) is 5.56 Å². The maximum absolute atomic E-state index is 13.6. The summed E-state index contributed by atoms with van der Waals surface area (Å²) in [7, 11) is 0. The minimum absolute atomic E-state index is 0.289. The highest BCUT2D eigenvalue weighted by Crippen LogP contribution is 2.20. The predicted molar refractivity (Wildman–Crippen MR) is 63.4 cm³/mol. The van der Waals surface area contributed by atoms with Gasteiger partial charge in [0.1, 0.15) is 17.5 Å². The van der Waals surface area contributed by atoms with E-state index in [9.17, 15) is 13.2 Å². The van der Waals surface area contributed by atoms with Gasteiger partial charge in [0.25, 0.3) is 0 Å². The lowest BCUT2D eigenvalue weighted by molar-refractivity contribution is 0.540. The molecule has 0 radical (unpaired) electrons. The third kappa shape index (κ3) is 2.14. The van der Waals surface area contributed by atoms with Crippen molar-refractivity contribution in [1.29, 1.82) is 5.41 Å². The van der Waals surface area contributed by atoms with Crippen molar-refractivity contribution in [3.05, 3.63) is 70.5 Å². The fourth-order valence-electron chi connectivity index (χ4n) is 1.77. The van der Waals surface area contributed by atoms with Crippen LogP contribution in [0.1, 0.15) is 16.7 Å². The summed E-state index contributed by atoms with van der Waals surface area (Å²) in [6.45, 7) is 1.74. The molecule has 4 heteroatoms. The first kappa shape index (κ1) is 12.4. The largest absolute Gasteiger partial charge is 0.299 e. The summed E-state index contributed by atoms with van der Waals surface area (Å²) in [5, 5.41) is 7.86. The Bertz CT molecular complexity index is 597. The maximum atomic E-state index is 13.6. The van der Waals surface area contributed by atoms with Gasteiger partial charge in [0.05, 0.1) is 11.3 Å². The third-order valence-electron chi connectivity index (χ3n) is 2.67. The highest BCUT2D eigenvalue weighted by Gasteiger charge is 2.18. The monoisotopic (exact) mass is 249 g/mol. The number of hydrogen-bond donors (Lipinski definition) is 1. The van der Waals surface area contributed by atoms with Crippen molar-refractivity contribution in [2.75, 3.05) is 0 Å². The second kappa shape index (κ2) is 4.64. The second-order valence-corrected chi connectivity index (χ2v) is 3.93. The van der Waals surface area contributed by atoms with E-state index in [1.807, 2.05) is 0 Å². The number of aryl methyl sites for hydroxylation is 1. The van der Waals surface area contributed by atoms with Gasteiger partial charge in [-0.3, -0.25) is 5.41 Å². The molecule has 2 aromatic rings. The van der Waals surface area contributed by atoms with E-state index in [4.69, 9.17) is 5.41 Å². The highest BCUT2D eigenvalue weighted by molar-refractivity contribution is 6.12. The first-order valence-corrected chi connectivity index (χ1v) is 5.30. The van der Waals surface area contributed by atoms with Crippen LogP contribution in [0.2, 0.25) is 0 Å². The summed E-state index contributed by atoms with van der Waals surface area (Å²) < 4.78 is 39.9. The molecule has 0 aliphatic carbocycles. The van der Waals surface area contributed by atoms with Crippen LogP contribution in [0.15, 0.2) is 36.4 Å². The second-order valence-electron chi connectivity index (χ2n) is 3.93. The molecule has 1 nitrogen and oxygen atoms in total. The smallest absolute Gasteiger partial charge is 0.138 e. The molecule has 2 aromatic carbocycles. The number of nitrogens with one attached hydrogen (secondary N) is 1. The Labute approximate surface area is 102 Å². The molecule has 2 rings (SSSR count). The standard InChI is InChI=1S/C14H10F3N/c1-8-4-2-3-5-10(8)14(18)13-11(16)6-9(15)7-12(13)17/h2-7,18H,1H3. The van der Waals surface area contributed by atoms with Crippen LogP contribution in [0, 0.1) is 29.8 Å². The minimum atomic E-state index is -1.07. The molecule has 0 amide bonds. The summed E-state index contributed by atoms with van der Waals surface area (Å²) in [5.41, 5.74) is 0.348. The fraction of sp³-hybridized carbons (Fsp3) is 0.0714. The first-order valence-electron chi connectivity index (χ1n) is 5.30. The van der Waals surface area contributed by atoms with Crippen LogP contribution in [-0.4, -0.2) is 5.71 Å². The van der Waals surface area contributed by atoms with Gasteiger partial charge in [-0.05, 0) is 12.5 Å². The lowest BCUT2D eigenvalue weighted by Gasteiger charge is -2.09. The Hall–Kier alpha value is -2.10. The third-order valence-corrected chi connectivity index (χ3v) is 2.67. The molecule has 0 unspecified atom stereocenters. The van der Waals surface area contributed by atoms with Crippen LogP contribution >= 0.6 is 0 Å². The van der Waals surface area contributed by atoms with E-state index in [0.29, 0.717) is 17.7 Å². The van der Waals surface area contributed by atoms with Crippen molar-refractivity contribution < 1.29 is 13.2 Å². The number of rotatable bonds is 2. The number of benzene rings is 2. The van der Waals surface area contributed by atoms with E-state index < -0.39 is 23.0 Å². The Balaban J connectivity index is 2.57. The van der Waals surface area contributed by atoms with Gasteiger partial charge in [-0.2, -0.15) is 0 Å². The van der Waals surface area contributed by atoms with E-state index >= 15 is 0 Å². The molecule has 0 fully saturated rings. The van der Waals surface area contributed by atoms with Crippen molar-refractivity contribution in [3.8, 4) is 0 Å². The van der Waals surface area contributed by atoms with Crippen LogP contribution in [0.3, 0.4) is 0 Å². The van der Waals surface area contributed by atoms with Crippen LogP contribution in [-0.2, 0) is 0 Å². The molecule has 1 N–H and O–H groups in total. The first-order chi connectivity index (χ1) is 8.50. The average Bonchev–Trinajstić information content (AvgIpc) is 2.27.